The third kappa shape index (κ3) is 3.72. The number of ether oxygens (including phenoxy) is 3. The molecule has 0 bridgehead atoms. The van der Waals surface area contributed by atoms with Crippen molar-refractivity contribution in [3.63, 3.8) is 0 Å². The second-order valence-electron chi connectivity index (χ2n) is 4.97. The Morgan fingerprint density at radius 3 is 2.19 bits per heavy atom. The van der Waals surface area contributed by atoms with Crippen molar-refractivity contribution in [3.8, 4) is 11.5 Å². The highest BCUT2D eigenvalue weighted by molar-refractivity contribution is 6.10. The Morgan fingerprint density at radius 1 is 1.00 bits per heavy atom. The van der Waals surface area contributed by atoms with Gasteiger partial charge < -0.3 is 19.5 Å². The van der Waals surface area contributed by atoms with Crippen molar-refractivity contribution in [2.75, 3.05) is 26.6 Å². The van der Waals surface area contributed by atoms with Crippen LogP contribution in [0.5, 0.6) is 11.5 Å². The monoisotopic (exact) mass is 360 g/mol. The topological polar surface area (TPSA) is 117 Å². The second-order valence-corrected chi connectivity index (χ2v) is 4.97. The number of nitro groups is 1. The highest BCUT2D eigenvalue weighted by Gasteiger charge is 2.23. The number of nitrogens with one attached hydrogen (secondary N) is 1. The molecule has 2 aromatic carbocycles. The number of hydrogen-bond donors (Lipinski definition) is 1. The van der Waals surface area contributed by atoms with Crippen LogP contribution in [0.4, 0.5) is 11.4 Å². The lowest BCUT2D eigenvalue weighted by Crippen LogP contribution is -2.17. The van der Waals surface area contributed by atoms with Crippen molar-refractivity contribution >= 4 is 23.3 Å². The standard InChI is InChI=1S/C17H16N2O7/c1-24-14-8-11(17(21)26-3)12(9-15(14)25-2)18-16(20)10-6-4-5-7-13(10)19(22)23/h4-9H,1-3H3,(H,18,20). The maximum Gasteiger partial charge on any atom is 0.340 e. The zero-order valence-corrected chi connectivity index (χ0v) is 14.3. The van der Waals surface area contributed by atoms with Crippen LogP contribution in [0.2, 0.25) is 0 Å². The summed E-state index contributed by atoms with van der Waals surface area (Å²) in [4.78, 5) is 35.0. The molecule has 26 heavy (non-hydrogen) atoms. The fraction of sp³-hybridized carbons (Fsp3) is 0.176. The molecule has 0 aliphatic heterocycles. The maximum atomic E-state index is 12.5. The number of hydrogen-bond acceptors (Lipinski definition) is 7. The van der Waals surface area contributed by atoms with E-state index in [0.29, 0.717) is 0 Å². The summed E-state index contributed by atoms with van der Waals surface area (Å²) >= 11 is 0. The molecule has 0 aliphatic rings. The van der Waals surface area contributed by atoms with E-state index >= 15 is 0 Å². The van der Waals surface area contributed by atoms with Gasteiger partial charge in [0.25, 0.3) is 11.6 Å². The Bertz CT molecular complexity index is 864. The van der Waals surface area contributed by atoms with Gasteiger partial charge in [-0.05, 0) is 6.07 Å². The average Bonchev–Trinajstić information content (AvgIpc) is 2.66. The number of esters is 1. The summed E-state index contributed by atoms with van der Waals surface area (Å²) in [5.74, 6) is -0.951. The number of methoxy groups -OCH3 is 3. The summed E-state index contributed by atoms with van der Waals surface area (Å²) < 4.78 is 15.0. The molecule has 2 aromatic rings. The molecule has 9 nitrogen and oxygen atoms in total. The summed E-state index contributed by atoms with van der Waals surface area (Å²) in [6.07, 6.45) is 0. The largest absolute Gasteiger partial charge is 0.493 e. The quantitative estimate of drug-likeness (QED) is 0.478. The molecule has 0 radical (unpaired) electrons. The molecule has 0 saturated carbocycles. The number of anilines is 1. The molecule has 1 amide bonds. The molecule has 0 saturated heterocycles. The van der Waals surface area contributed by atoms with Crippen molar-refractivity contribution in [2.24, 2.45) is 0 Å². The fourth-order valence-electron chi connectivity index (χ4n) is 2.28. The Labute approximate surface area is 148 Å². The number of benzene rings is 2. The Kier molecular flexibility index (Phi) is 5.74. The van der Waals surface area contributed by atoms with Gasteiger partial charge in [-0.1, -0.05) is 12.1 Å². The van der Waals surface area contributed by atoms with Gasteiger partial charge in [0, 0.05) is 18.2 Å². The van der Waals surface area contributed by atoms with Crippen LogP contribution in [-0.4, -0.2) is 38.1 Å². The molecule has 136 valence electrons. The maximum absolute atomic E-state index is 12.5. The van der Waals surface area contributed by atoms with Crippen LogP contribution in [0.1, 0.15) is 20.7 Å². The third-order valence-electron chi connectivity index (χ3n) is 3.52. The van der Waals surface area contributed by atoms with Gasteiger partial charge in [-0.25, -0.2) is 4.79 Å². The lowest BCUT2D eigenvalue weighted by Gasteiger charge is -2.14. The summed E-state index contributed by atoms with van der Waals surface area (Å²) in [6.45, 7) is 0. The molecule has 0 heterocycles. The zero-order chi connectivity index (χ0) is 19.3. The molecular formula is C17H16N2O7. The lowest BCUT2D eigenvalue weighted by molar-refractivity contribution is -0.385. The van der Waals surface area contributed by atoms with Crippen LogP contribution in [0.25, 0.3) is 0 Å². The van der Waals surface area contributed by atoms with Crippen LogP contribution in [-0.2, 0) is 4.74 Å². The zero-order valence-electron chi connectivity index (χ0n) is 14.3. The lowest BCUT2D eigenvalue weighted by atomic mass is 10.1. The first-order valence-electron chi connectivity index (χ1n) is 7.32. The minimum Gasteiger partial charge on any atom is -0.493 e. The molecule has 0 aromatic heterocycles. The van der Waals surface area contributed by atoms with Crippen LogP contribution in [0.3, 0.4) is 0 Å². The Morgan fingerprint density at radius 2 is 1.62 bits per heavy atom. The van der Waals surface area contributed by atoms with Crippen LogP contribution in [0, 0.1) is 10.1 Å². The first-order valence-corrected chi connectivity index (χ1v) is 7.32. The Hall–Kier alpha value is -3.62. The normalized spacial score (nSPS) is 9.96. The first kappa shape index (κ1) is 18.7. The molecule has 2 rings (SSSR count). The fourth-order valence-corrected chi connectivity index (χ4v) is 2.28. The molecule has 0 aliphatic carbocycles. The summed E-state index contributed by atoms with van der Waals surface area (Å²) in [5.41, 5.74) is -0.428. The molecule has 1 N–H and O–H groups in total. The van der Waals surface area contributed by atoms with E-state index in [1.54, 1.807) is 0 Å². The van der Waals surface area contributed by atoms with E-state index in [-0.39, 0.29) is 34.0 Å². The van der Waals surface area contributed by atoms with Crippen LogP contribution < -0.4 is 14.8 Å². The summed E-state index contributed by atoms with van der Waals surface area (Å²) in [7, 11) is 3.97. The first-order chi connectivity index (χ1) is 12.4. The number of nitrogens with zero attached hydrogens (tertiary/aromatic N) is 1. The van der Waals surface area contributed by atoms with E-state index < -0.39 is 16.8 Å². The Balaban J connectivity index is 2.50. The summed E-state index contributed by atoms with van der Waals surface area (Å²) in [5, 5.41) is 13.6. The minimum atomic E-state index is -0.755. The smallest absolute Gasteiger partial charge is 0.340 e. The van der Waals surface area contributed by atoms with Gasteiger partial charge in [-0.2, -0.15) is 0 Å². The SMILES string of the molecule is COC(=O)c1cc(OC)c(OC)cc1NC(=O)c1ccccc1[N+](=O)[O-]. The number of para-hydroxylation sites is 1. The van der Waals surface area contributed by atoms with E-state index in [0.717, 1.165) is 0 Å². The molecule has 0 spiro atoms. The van der Waals surface area contributed by atoms with Gasteiger partial charge in [-0.15, -0.1) is 0 Å². The molecule has 0 fully saturated rings. The number of carbonyl (C=O) groups is 2. The van der Waals surface area contributed by atoms with Gasteiger partial charge in [-0.3, -0.25) is 14.9 Å². The van der Waals surface area contributed by atoms with Crippen molar-refractivity contribution in [1.82, 2.24) is 0 Å². The van der Waals surface area contributed by atoms with Gasteiger partial charge in [0.1, 0.15) is 5.56 Å². The average molecular weight is 360 g/mol. The number of carbonyl (C=O) groups excluding carboxylic acids is 2. The van der Waals surface area contributed by atoms with Crippen molar-refractivity contribution in [3.05, 3.63) is 57.6 Å². The predicted octanol–water partition coefficient (Wildman–Crippen LogP) is 2.65. The molecule has 0 atom stereocenters. The van der Waals surface area contributed by atoms with Gasteiger partial charge in [0.2, 0.25) is 0 Å². The number of rotatable bonds is 6. The molecular weight excluding hydrogens is 344 g/mol. The third-order valence-corrected chi connectivity index (χ3v) is 3.52. The predicted molar refractivity (Wildman–Crippen MR) is 91.9 cm³/mol. The van der Waals surface area contributed by atoms with Crippen molar-refractivity contribution in [1.29, 1.82) is 0 Å². The van der Waals surface area contributed by atoms with Crippen molar-refractivity contribution in [2.45, 2.75) is 0 Å². The van der Waals surface area contributed by atoms with Crippen molar-refractivity contribution < 1.29 is 28.7 Å². The number of nitro benzene ring substituents is 1. The van der Waals surface area contributed by atoms with Gasteiger partial charge in [0.05, 0.1) is 37.5 Å². The molecule has 9 heteroatoms. The van der Waals surface area contributed by atoms with Crippen LogP contribution >= 0.6 is 0 Å². The highest BCUT2D eigenvalue weighted by atomic mass is 16.6. The van der Waals surface area contributed by atoms with Crippen LogP contribution in [0.15, 0.2) is 36.4 Å². The van der Waals surface area contributed by atoms with E-state index in [1.807, 2.05) is 0 Å². The molecule has 0 unspecified atom stereocenters. The number of amides is 1. The van der Waals surface area contributed by atoms with E-state index in [2.05, 4.69) is 5.32 Å². The van der Waals surface area contributed by atoms with Gasteiger partial charge in [0.15, 0.2) is 11.5 Å². The van der Waals surface area contributed by atoms with Gasteiger partial charge >= 0.3 is 5.97 Å². The summed E-state index contributed by atoms with van der Waals surface area (Å²) in [6, 6.07) is 8.19. The second kappa shape index (κ2) is 7.97. The highest BCUT2D eigenvalue weighted by Crippen LogP contribution is 2.34. The van der Waals surface area contributed by atoms with E-state index in [1.165, 1.54) is 57.7 Å². The van der Waals surface area contributed by atoms with E-state index in [9.17, 15) is 19.7 Å². The minimum absolute atomic E-state index is 0.0112. The van der Waals surface area contributed by atoms with E-state index in [4.69, 9.17) is 14.2 Å².